The summed E-state index contributed by atoms with van der Waals surface area (Å²) in [7, 11) is -2.01. The Morgan fingerprint density at radius 1 is 1.00 bits per heavy atom. The number of hydrogen-bond acceptors (Lipinski definition) is 6. The number of hydrogen-bond donors (Lipinski definition) is 2. The third-order valence-electron chi connectivity index (χ3n) is 5.46. The number of hydrazine groups is 1. The van der Waals surface area contributed by atoms with E-state index in [2.05, 4.69) is 10.9 Å². The molecule has 2 heterocycles. The van der Waals surface area contributed by atoms with E-state index in [0.29, 0.717) is 30.0 Å². The van der Waals surface area contributed by atoms with Gasteiger partial charge >= 0.3 is 5.91 Å². The summed E-state index contributed by atoms with van der Waals surface area (Å²) in [6.45, 7) is 2.75. The Morgan fingerprint density at radius 2 is 1.66 bits per heavy atom. The van der Waals surface area contributed by atoms with Gasteiger partial charge in [0.15, 0.2) is 5.76 Å². The zero-order valence-corrected chi connectivity index (χ0v) is 18.5. The van der Waals surface area contributed by atoms with Crippen molar-refractivity contribution in [3.63, 3.8) is 0 Å². The van der Waals surface area contributed by atoms with Gasteiger partial charge < -0.3 is 9.15 Å². The van der Waals surface area contributed by atoms with Crippen LogP contribution >= 0.6 is 0 Å². The smallest absolute Gasteiger partial charge is 0.305 e. The molecule has 10 heteroatoms. The summed E-state index contributed by atoms with van der Waals surface area (Å²) in [5.74, 6) is -0.490. The van der Waals surface area contributed by atoms with E-state index in [-0.39, 0.29) is 16.2 Å². The molecule has 0 atom stereocenters. The highest BCUT2D eigenvalue weighted by Gasteiger charge is 2.27. The number of benzene rings is 2. The van der Waals surface area contributed by atoms with Crippen molar-refractivity contribution in [1.82, 2.24) is 15.2 Å². The van der Waals surface area contributed by atoms with Gasteiger partial charge in [0.1, 0.15) is 11.3 Å². The van der Waals surface area contributed by atoms with Crippen molar-refractivity contribution in [2.24, 2.45) is 0 Å². The molecular formula is C22H23N3O6S. The third kappa shape index (κ3) is 4.06. The fraction of sp³-hybridized carbons (Fsp3) is 0.273. The molecule has 2 amide bonds. The van der Waals surface area contributed by atoms with E-state index in [1.165, 1.54) is 28.6 Å². The number of fused-ring (bicyclic) bond motifs is 1. The quantitative estimate of drug-likeness (QED) is 0.569. The molecule has 2 N–H and O–H groups in total. The van der Waals surface area contributed by atoms with Gasteiger partial charge in [0.05, 0.1) is 12.0 Å². The van der Waals surface area contributed by atoms with Crippen molar-refractivity contribution in [1.29, 1.82) is 0 Å². The summed E-state index contributed by atoms with van der Waals surface area (Å²) in [5.41, 5.74) is 5.99. The Morgan fingerprint density at radius 3 is 2.31 bits per heavy atom. The summed E-state index contributed by atoms with van der Waals surface area (Å²) >= 11 is 0. The van der Waals surface area contributed by atoms with Crippen LogP contribution in [0.3, 0.4) is 0 Å². The lowest BCUT2D eigenvalue weighted by Gasteiger charge is -2.15. The van der Waals surface area contributed by atoms with Crippen LogP contribution in [0.4, 0.5) is 0 Å². The highest BCUT2D eigenvalue weighted by Crippen LogP contribution is 2.28. The zero-order chi connectivity index (χ0) is 22.9. The van der Waals surface area contributed by atoms with Gasteiger partial charge in [-0.2, -0.15) is 4.31 Å². The number of sulfonamides is 1. The maximum atomic E-state index is 12.6. The molecule has 0 spiro atoms. The van der Waals surface area contributed by atoms with Crippen molar-refractivity contribution < 1.29 is 27.2 Å². The molecule has 9 nitrogen and oxygen atoms in total. The van der Waals surface area contributed by atoms with Crippen LogP contribution in [0.25, 0.3) is 11.0 Å². The first-order chi connectivity index (χ1) is 15.3. The lowest BCUT2D eigenvalue weighted by Crippen LogP contribution is -2.41. The Bertz CT molecular complexity index is 1270. The van der Waals surface area contributed by atoms with Gasteiger partial charge in [-0.3, -0.25) is 20.4 Å². The summed E-state index contributed by atoms with van der Waals surface area (Å²) in [5, 5.41) is 0.732. The van der Waals surface area contributed by atoms with Crippen LogP contribution in [0.2, 0.25) is 0 Å². The van der Waals surface area contributed by atoms with Crippen LogP contribution in [0.1, 0.15) is 39.3 Å². The molecule has 1 saturated heterocycles. The van der Waals surface area contributed by atoms with E-state index >= 15 is 0 Å². The monoisotopic (exact) mass is 457 g/mol. The standard InChI is InChI=1S/C22H23N3O6S/c1-14-18-13-16(30-2)7-10-19(18)31-20(14)22(27)24-23-21(26)15-5-8-17(9-6-15)32(28,29)25-11-3-4-12-25/h5-10,13H,3-4,11-12H2,1-2H3,(H,23,26)(H,24,27). The second kappa shape index (κ2) is 8.64. The normalized spacial score (nSPS) is 14.4. The molecule has 3 aromatic rings. The topological polar surface area (TPSA) is 118 Å². The molecule has 0 aliphatic carbocycles. The Kier molecular flexibility index (Phi) is 5.90. The average Bonchev–Trinajstić information content (AvgIpc) is 3.46. The van der Waals surface area contributed by atoms with Crippen molar-refractivity contribution >= 4 is 32.8 Å². The molecule has 1 aromatic heterocycles. The molecular weight excluding hydrogens is 434 g/mol. The van der Waals surface area contributed by atoms with Gasteiger partial charge in [0, 0.05) is 29.6 Å². The number of carbonyl (C=O) groups excluding carboxylic acids is 2. The van der Waals surface area contributed by atoms with Gasteiger partial charge in [0.2, 0.25) is 10.0 Å². The minimum atomic E-state index is -3.56. The zero-order valence-electron chi connectivity index (χ0n) is 17.7. The van der Waals surface area contributed by atoms with Crippen LogP contribution in [-0.2, 0) is 10.0 Å². The molecule has 1 aliphatic rings. The summed E-state index contributed by atoms with van der Waals surface area (Å²) in [6, 6.07) is 10.8. The molecule has 1 fully saturated rings. The highest BCUT2D eigenvalue weighted by molar-refractivity contribution is 7.89. The minimum Gasteiger partial charge on any atom is -0.497 e. The predicted octanol–water partition coefficient (Wildman–Crippen LogP) is 2.61. The Labute approximate surface area is 185 Å². The number of aryl methyl sites for hydroxylation is 1. The van der Waals surface area contributed by atoms with Crippen LogP contribution in [-0.4, -0.2) is 44.7 Å². The number of methoxy groups -OCH3 is 1. The number of amides is 2. The number of carbonyl (C=O) groups is 2. The molecule has 0 bridgehead atoms. The highest BCUT2D eigenvalue weighted by atomic mass is 32.2. The first-order valence-corrected chi connectivity index (χ1v) is 11.5. The van der Waals surface area contributed by atoms with E-state index in [9.17, 15) is 18.0 Å². The molecule has 168 valence electrons. The molecule has 0 saturated carbocycles. The summed E-state index contributed by atoms with van der Waals surface area (Å²) in [6.07, 6.45) is 1.69. The number of rotatable bonds is 5. The van der Waals surface area contributed by atoms with E-state index in [0.717, 1.165) is 18.2 Å². The fourth-order valence-corrected chi connectivity index (χ4v) is 5.16. The molecule has 0 unspecified atom stereocenters. The van der Waals surface area contributed by atoms with E-state index in [1.807, 2.05) is 0 Å². The van der Waals surface area contributed by atoms with Crippen molar-refractivity contribution in [2.45, 2.75) is 24.7 Å². The number of furan rings is 1. The average molecular weight is 458 g/mol. The van der Waals surface area contributed by atoms with Gasteiger partial charge in [-0.15, -0.1) is 0 Å². The maximum Gasteiger partial charge on any atom is 0.305 e. The first kappa shape index (κ1) is 21.8. The minimum absolute atomic E-state index is 0.0700. The third-order valence-corrected chi connectivity index (χ3v) is 7.37. The molecule has 4 rings (SSSR count). The second-order valence-corrected chi connectivity index (χ2v) is 9.40. The summed E-state index contributed by atoms with van der Waals surface area (Å²) in [4.78, 5) is 25.1. The lowest BCUT2D eigenvalue weighted by atomic mass is 10.1. The second-order valence-electron chi connectivity index (χ2n) is 7.46. The van der Waals surface area contributed by atoms with Gasteiger partial charge in [-0.05, 0) is 62.2 Å². The van der Waals surface area contributed by atoms with Gasteiger partial charge in [-0.1, -0.05) is 0 Å². The molecule has 1 aliphatic heterocycles. The predicted molar refractivity (Wildman–Crippen MR) is 117 cm³/mol. The van der Waals surface area contributed by atoms with E-state index < -0.39 is 21.8 Å². The van der Waals surface area contributed by atoms with E-state index in [1.54, 1.807) is 32.2 Å². The molecule has 2 aromatic carbocycles. The molecule has 32 heavy (non-hydrogen) atoms. The van der Waals surface area contributed by atoms with Gasteiger partial charge in [-0.25, -0.2) is 8.42 Å². The number of nitrogens with one attached hydrogen (secondary N) is 2. The lowest BCUT2D eigenvalue weighted by molar-refractivity contribution is 0.0831. The maximum absolute atomic E-state index is 12.6. The first-order valence-electron chi connectivity index (χ1n) is 10.1. The number of ether oxygens (including phenoxy) is 1. The Hall–Kier alpha value is -3.37. The Balaban J connectivity index is 1.43. The summed E-state index contributed by atoms with van der Waals surface area (Å²) < 4.78 is 37.4. The van der Waals surface area contributed by atoms with Crippen LogP contribution in [0, 0.1) is 6.92 Å². The van der Waals surface area contributed by atoms with Crippen LogP contribution < -0.4 is 15.6 Å². The van der Waals surface area contributed by atoms with Gasteiger partial charge in [0.25, 0.3) is 5.91 Å². The fourth-order valence-electron chi connectivity index (χ4n) is 3.64. The molecule has 0 radical (unpaired) electrons. The van der Waals surface area contributed by atoms with Crippen molar-refractivity contribution in [3.05, 3.63) is 59.4 Å². The SMILES string of the molecule is COc1ccc2oc(C(=O)NNC(=O)c3ccc(S(=O)(=O)N4CCCC4)cc3)c(C)c2c1. The van der Waals surface area contributed by atoms with Crippen molar-refractivity contribution in [3.8, 4) is 5.75 Å². The van der Waals surface area contributed by atoms with Crippen LogP contribution in [0.5, 0.6) is 5.75 Å². The van der Waals surface area contributed by atoms with Crippen LogP contribution in [0.15, 0.2) is 51.8 Å². The van der Waals surface area contributed by atoms with E-state index in [4.69, 9.17) is 9.15 Å². The van der Waals surface area contributed by atoms with Crippen molar-refractivity contribution in [2.75, 3.05) is 20.2 Å². The largest absolute Gasteiger partial charge is 0.497 e. The number of nitrogens with zero attached hydrogens (tertiary/aromatic N) is 1.